The molecule has 6 heteroatoms. The Bertz CT molecular complexity index is 1690. The summed E-state index contributed by atoms with van der Waals surface area (Å²) < 4.78 is 0. The second kappa shape index (κ2) is 9.56. The highest BCUT2D eigenvalue weighted by atomic mass is 16.2. The minimum absolute atomic E-state index is 0.0723. The lowest BCUT2D eigenvalue weighted by Crippen LogP contribution is -2.42. The van der Waals surface area contributed by atoms with Crippen LogP contribution in [0.25, 0.3) is 0 Å². The van der Waals surface area contributed by atoms with E-state index in [0.29, 0.717) is 11.6 Å². The summed E-state index contributed by atoms with van der Waals surface area (Å²) in [5.41, 5.74) is 3.56. The summed E-state index contributed by atoms with van der Waals surface area (Å²) in [6, 6.07) is 26.8. The van der Waals surface area contributed by atoms with Gasteiger partial charge in [0, 0.05) is 11.3 Å². The molecule has 0 spiro atoms. The molecule has 0 fully saturated rings. The van der Waals surface area contributed by atoms with Crippen molar-refractivity contribution in [1.29, 1.82) is 0 Å². The van der Waals surface area contributed by atoms with Crippen LogP contribution in [0.2, 0.25) is 0 Å². The molecule has 3 N–H and O–H groups in total. The molecule has 6 rings (SSSR count). The van der Waals surface area contributed by atoms with Crippen molar-refractivity contribution in [3.63, 3.8) is 0 Å². The maximum Gasteiger partial charge on any atom is 0.315 e. The van der Waals surface area contributed by atoms with Crippen molar-refractivity contribution in [2.75, 3.05) is 10.2 Å². The van der Waals surface area contributed by atoms with Gasteiger partial charge in [-0.1, -0.05) is 119 Å². The molecule has 1 aromatic heterocycles. The molecule has 0 amide bonds. The highest BCUT2D eigenvalue weighted by Crippen LogP contribution is 2.52. The number of nitrogens with one attached hydrogen (secondary N) is 3. The Morgan fingerprint density at radius 3 is 1.95 bits per heavy atom. The van der Waals surface area contributed by atoms with Crippen molar-refractivity contribution in [2.24, 2.45) is 5.92 Å². The summed E-state index contributed by atoms with van der Waals surface area (Å²) in [6.07, 6.45) is 8.42. The number of hydrogen-bond donors (Lipinski definition) is 3. The number of aromatic amines is 2. The first-order valence-electron chi connectivity index (χ1n) is 13.7. The maximum atomic E-state index is 12.8. The highest BCUT2D eigenvalue weighted by molar-refractivity contribution is 5.87. The number of H-pyrrole nitrogens is 2. The Morgan fingerprint density at radius 1 is 0.750 bits per heavy atom. The fourth-order valence-corrected chi connectivity index (χ4v) is 6.30. The largest absolute Gasteiger partial charge is 0.362 e. The van der Waals surface area contributed by atoms with Crippen molar-refractivity contribution in [3.8, 4) is 0 Å². The van der Waals surface area contributed by atoms with Crippen LogP contribution in [-0.2, 0) is 10.8 Å². The number of allylic oxidation sites excluding steroid dienone is 2. The second-order valence-corrected chi connectivity index (χ2v) is 11.7. The van der Waals surface area contributed by atoms with Gasteiger partial charge in [-0.2, -0.15) is 0 Å². The van der Waals surface area contributed by atoms with Crippen molar-refractivity contribution in [2.45, 2.75) is 44.6 Å². The highest BCUT2D eigenvalue weighted by Gasteiger charge is 2.39. The Labute approximate surface area is 234 Å². The smallest absolute Gasteiger partial charge is 0.315 e. The Morgan fingerprint density at radius 2 is 1.30 bits per heavy atom. The molecule has 0 saturated carbocycles. The Hall–Kier alpha value is -4.58. The zero-order valence-electron chi connectivity index (χ0n) is 23.2. The van der Waals surface area contributed by atoms with Gasteiger partial charge in [0.2, 0.25) is 0 Å². The van der Waals surface area contributed by atoms with Gasteiger partial charge < -0.3 is 15.3 Å². The summed E-state index contributed by atoms with van der Waals surface area (Å²) >= 11 is 0. The van der Waals surface area contributed by atoms with Gasteiger partial charge >= 0.3 is 11.1 Å². The van der Waals surface area contributed by atoms with Crippen LogP contribution < -0.4 is 21.3 Å². The molecule has 0 saturated heterocycles. The number of fused-ring (bicyclic) bond motifs is 2. The first-order chi connectivity index (χ1) is 19.2. The molecule has 4 aromatic rings. The summed E-state index contributed by atoms with van der Waals surface area (Å²) in [5, 5.41) is 3.62. The molecule has 40 heavy (non-hydrogen) atoms. The van der Waals surface area contributed by atoms with Crippen LogP contribution >= 0.6 is 0 Å². The number of anilines is 4. The first kappa shape index (κ1) is 25.7. The van der Waals surface area contributed by atoms with E-state index in [-0.39, 0.29) is 22.8 Å². The van der Waals surface area contributed by atoms with Crippen LogP contribution in [-0.4, -0.2) is 16.0 Å². The van der Waals surface area contributed by atoms with Gasteiger partial charge in [-0.15, -0.1) is 0 Å². The van der Waals surface area contributed by atoms with Gasteiger partial charge in [0.05, 0.1) is 17.4 Å². The van der Waals surface area contributed by atoms with E-state index < -0.39 is 11.1 Å². The van der Waals surface area contributed by atoms with Crippen LogP contribution in [0.5, 0.6) is 0 Å². The Balaban J connectivity index is 1.50. The van der Waals surface area contributed by atoms with E-state index in [0.717, 1.165) is 22.5 Å². The number of para-hydroxylation sites is 2. The topological polar surface area (TPSA) is 81.0 Å². The molecule has 2 atom stereocenters. The third kappa shape index (κ3) is 4.11. The molecule has 2 aliphatic rings. The number of nitrogens with zero attached hydrogens (tertiary/aromatic N) is 1. The Kier molecular flexibility index (Phi) is 6.14. The number of rotatable bonds is 5. The minimum atomic E-state index is -0.695. The zero-order chi connectivity index (χ0) is 28.1. The van der Waals surface area contributed by atoms with Gasteiger partial charge in [-0.05, 0) is 34.2 Å². The fourth-order valence-electron chi connectivity index (χ4n) is 6.30. The fraction of sp³-hybridized carbons (Fsp3) is 0.235. The molecule has 3 aromatic carbocycles. The van der Waals surface area contributed by atoms with Crippen molar-refractivity contribution in [3.05, 3.63) is 141 Å². The molecule has 2 heterocycles. The van der Waals surface area contributed by atoms with E-state index in [1.54, 1.807) is 0 Å². The van der Waals surface area contributed by atoms with Gasteiger partial charge in [0.15, 0.2) is 5.82 Å². The van der Waals surface area contributed by atoms with E-state index in [9.17, 15) is 9.59 Å². The maximum absolute atomic E-state index is 12.8. The lowest BCUT2D eigenvalue weighted by Gasteiger charge is -2.42. The summed E-state index contributed by atoms with van der Waals surface area (Å²) in [4.78, 5) is 33.4. The summed E-state index contributed by atoms with van der Waals surface area (Å²) in [6.45, 7) is 8.90. The number of hydrogen-bond acceptors (Lipinski definition) is 4. The lowest BCUT2D eigenvalue weighted by molar-refractivity contribution is 0.362. The average molecular weight is 531 g/mol. The SMILES string of the molecule is CC1(C)c2ccccc2N(c2[nH]c(=O)c(=O)[nH]c2NC2C=CC=CC2C(C)(C)c2ccccc2)c2ccccc21. The van der Waals surface area contributed by atoms with Crippen LogP contribution in [0.15, 0.2) is 113 Å². The third-order valence-corrected chi connectivity index (χ3v) is 8.57. The first-order valence-corrected chi connectivity index (χ1v) is 13.7. The summed E-state index contributed by atoms with van der Waals surface area (Å²) in [5.74, 6) is 1.04. The monoisotopic (exact) mass is 530 g/mol. The molecule has 1 aliphatic carbocycles. The molecule has 1 aliphatic heterocycles. The van der Waals surface area contributed by atoms with Crippen LogP contribution in [0.1, 0.15) is 44.4 Å². The van der Waals surface area contributed by atoms with Gasteiger partial charge in [-0.3, -0.25) is 14.5 Å². The van der Waals surface area contributed by atoms with Crippen molar-refractivity contribution in [1.82, 2.24) is 9.97 Å². The van der Waals surface area contributed by atoms with E-state index in [2.05, 4.69) is 115 Å². The van der Waals surface area contributed by atoms with E-state index in [1.165, 1.54) is 5.56 Å². The van der Waals surface area contributed by atoms with E-state index >= 15 is 0 Å². The lowest BCUT2D eigenvalue weighted by atomic mass is 9.69. The van der Waals surface area contributed by atoms with E-state index in [4.69, 9.17) is 0 Å². The van der Waals surface area contributed by atoms with Gasteiger partial charge in [-0.25, -0.2) is 0 Å². The number of aromatic nitrogens is 2. The quantitative estimate of drug-likeness (QED) is 0.252. The molecule has 202 valence electrons. The average Bonchev–Trinajstić information content (AvgIpc) is 2.96. The van der Waals surface area contributed by atoms with Gasteiger partial charge in [0.25, 0.3) is 0 Å². The molecule has 6 nitrogen and oxygen atoms in total. The number of benzene rings is 3. The third-order valence-electron chi connectivity index (χ3n) is 8.57. The molecule has 0 radical (unpaired) electrons. The minimum Gasteiger partial charge on any atom is -0.362 e. The van der Waals surface area contributed by atoms with Crippen molar-refractivity contribution >= 4 is 23.0 Å². The predicted octanol–water partition coefficient (Wildman–Crippen LogP) is 6.67. The van der Waals surface area contributed by atoms with Crippen LogP contribution in [0.3, 0.4) is 0 Å². The van der Waals surface area contributed by atoms with E-state index in [1.807, 2.05) is 36.4 Å². The van der Waals surface area contributed by atoms with Crippen molar-refractivity contribution < 1.29 is 0 Å². The van der Waals surface area contributed by atoms with Gasteiger partial charge in [0.1, 0.15) is 5.82 Å². The second-order valence-electron chi connectivity index (χ2n) is 11.7. The summed E-state index contributed by atoms with van der Waals surface area (Å²) in [7, 11) is 0. The standard InChI is InChI=1S/C34H34N4O2/c1-33(2,22-14-6-5-7-15-22)23-16-8-11-19-26(23)35-29-30(37-32(40)31(39)36-29)38-27-20-12-9-17-24(27)34(3,4)25-18-10-13-21-28(25)38/h5-21,23,26H,1-4H3,(H,37,40)(H2,35,36,39). The van der Waals surface area contributed by atoms with Crippen LogP contribution in [0, 0.1) is 5.92 Å². The molecular formula is C34H34N4O2. The zero-order valence-corrected chi connectivity index (χ0v) is 23.2. The molecule has 0 bridgehead atoms. The molecule has 2 unspecified atom stereocenters. The normalized spacial score (nSPS) is 19.1. The van der Waals surface area contributed by atoms with Crippen LogP contribution in [0.4, 0.5) is 23.0 Å². The predicted molar refractivity (Wildman–Crippen MR) is 163 cm³/mol. The molecular weight excluding hydrogens is 496 g/mol.